The highest BCUT2D eigenvalue weighted by molar-refractivity contribution is 7.22. The molecule has 3 nitrogen and oxygen atoms in total. The maximum absolute atomic E-state index is 12.4. The predicted molar refractivity (Wildman–Crippen MR) is 120 cm³/mol. The number of carbonyl (C=O) groups is 1. The van der Waals surface area contributed by atoms with Crippen molar-refractivity contribution >= 4 is 32.6 Å². The highest BCUT2D eigenvalue weighted by Crippen LogP contribution is 2.30. The number of benzene rings is 2. The lowest BCUT2D eigenvalue weighted by molar-refractivity contribution is -0.116. The van der Waals surface area contributed by atoms with E-state index in [9.17, 15) is 4.79 Å². The first-order chi connectivity index (χ1) is 13.3. The van der Waals surface area contributed by atoms with Crippen LogP contribution in [-0.4, -0.2) is 10.9 Å². The number of aryl methyl sites for hydroxylation is 1. The van der Waals surface area contributed by atoms with Gasteiger partial charge in [0.2, 0.25) is 5.91 Å². The Kier molecular flexibility index (Phi) is 6.19. The van der Waals surface area contributed by atoms with Gasteiger partial charge in [-0.3, -0.25) is 4.79 Å². The van der Waals surface area contributed by atoms with Crippen LogP contribution in [0.3, 0.4) is 0 Å². The van der Waals surface area contributed by atoms with Gasteiger partial charge in [0.25, 0.3) is 0 Å². The molecule has 1 N–H and O–H groups in total. The number of anilines is 1. The summed E-state index contributed by atoms with van der Waals surface area (Å²) in [5.41, 5.74) is 4.93. The first kappa shape index (κ1) is 20.5. The topological polar surface area (TPSA) is 42.0 Å². The summed E-state index contributed by atoms with van der Waals surface area (Å²) in [7, 11) is 0. The molecule has 0 aliphatic rings. The largest absolute Gasteiger partial charge is 0.302 e. The second kappa shape index (κ2) is 8.44. The van der Waals surface area contributed by atoms with Gasteiger partial charge in [0.05, 0.1) is 10.2 Å². The third kappa shape index (κ3) is 4.99. The molecule has 0 spiro atoms. The maximum Gasteiger partial charge on any atom is 0.226 e. The zero-order valence-corrected chi connectivity index (χ0v) is 18.3. The number of hydrogen-bond acceptors (Lipinski definition) is 3. The molecule has 1 aromatic heterocycles. The summed E-state index contributed by atoms with van der Waals surface area (Å²) in [5.74, 6) is 0.551. The molecule has 0 bridgehead atoms. The van der Waals surface area contributed by atoms with Crippen molar-refractivity contribution in [1.29, 1.82) is 0 Å². The minimum Gasteiger partial charge on any atom is -0.302 e. The molecule has 1 unspecified atom stereocenters. The Bertz CT molecular complexity index is 951. The van der Waals surface area contributed by atoms with Crippen LogP contribution in [0.4, 0.5) is 5.13 Å². The van der Waals surface area contributed by atoms with Gasteiger partial charge in [0, 0.05) is 6.42 Å². The molecule has 0 saturated heterocycles. The van der Waals surface area contributed by atoms with Crippen molar-refractivity contribution < 1.29 is 4.79 Å². The van der Waals surface area contributed by atoms with E-state index in [1.807, 2.05) is 0 Å². The number of hydrogen-bond donors (Lipinski definition) is 1. The van der Waals surface area contributed by atoms with Gasteiger partial charge in [-0.1, -0.05) is 76.3 Å². The lowest BCUT2D eigenvalue weighted by atomic mass is 9.86. The molecular weight excluding hydrogens is 364 g/mol. The van der Waals surface area contributed by atoms with Crippen LogP contribution in [0.2, 0.25) is 0 Å². The fourth-order valence-electron chi connectivity index (χ4n) is 3.15. The van der Waals surface area contributed by atoms with Gasteiger partial charge >= 0.3 is 0 Å². The summed E-state index contributed by atoms with van der Waals surface area (Å²) >= 11 is 1.55. The van der Waals surface area contributed by atoms with Crippen LogP contribution in [0, 0.1) is 0 Å². The van der Waals surface area contributed by atoms with E-state index in [4.69, 9.17) is 0 Å². The summed E-state index contributed by atoms with van der Waals surface area (Å²) in [4.78, 5) is 16.9. The van der Waals surface area contributed by atoms with Crippen LogP contribution in [-0.2, 0) is 16.6 Å². The zero-order valence-electron chi connectivity index (χ0n) is 17.5. The zero-order chi connectivity index (χ0) is 20.3. The van der Waals surface area contributed by atoms with Gasteiger partial charge in [-0.25, -0.2) is 4.98 Å². The molecule has 0 aliphatic carbocycles. The summed E-state index contributed by atoms with van der Waals surface area (Å²) in [5, 5.41) is 3.65. The van der Waals surface area contributed by atoms with Crippen molar-refractivity contribution in [3.8, 4) is 0 Å². The second-order valence-corrected chi connectivity index (χ2v) is 9.58. The average molecular weight is 395 g/mol. The van der Waals surface area contributed by atoms with Crippen LogP contribution < -0.4 is 5.32 Å². The SMILES string of the molecule is CCC(C)c1ccc2nc(NC(=O)CCc3ccc(C(C)(C)C)cc3)sc2c1. The first-order valence-corrected chi connectivity index (χ1v) is 10.9. The summed E-state index contributed by atoms with van der Waals surface area (Å²) in [6, 6.07) is 15.0. The smallest absolute Gasteiger partial charge is 0.226 e. The number of amides is 1. The molecule has 2 aromatic carbocycles. The predicted octanol–water partition coefficient (Wildman–Crippen LogP) is 6.68. The molecule has 1 amide bonds. The van der Waals surface area contributed by atoms with Gasteiger partial charge in [-0.05, 0) is 53.0 Å². The molecule has 0 fully saturated rings. The summed E-state index contributed by atoms with van der Waals surface area (Å²) in [6.07, 6.45) is 2.31. The number of nitrogens with zero attached hydrogens (tertiary/aromatic N) is 1. The van der Waals surface area contributed by atoms with Crippen LogP contribution in [0.15, 0.2) is 42.5 Å². The standard InChI is InChI=1S/C24H30N2OS/c1-6-16(2)18-10-13-20-21(15-18)28-23(25-20)26-22(27)14-9-17-7-11-19(12-8-17)24(3,4)5/h7-8,10-13,15-16H,6,9,14H2,1-5H3,(H,25,26,27). The Morgan fingerprint density at radius 3 is 2.50 bits per heavy atom. The molecule has 3 aromatic rings. The van der Waals surface area contributed by atoms with E-state index >= 15 is 0 Å². The van der Waals surface area contributed by atoms with E-state index in [1.54, 1.807) is 11.3 Å². The Morgan fingerprint density at radius 1 is 1.14 bits per heavy atom. The number of thiazole rings is 1. The van der Waals surface area contributed by atoms with Crippen LogP contribution in [0.25, 0.3) is 10.2 Å². The second-order valence-electron chi connectivity index (χ2n) is 8.55. The number of nitrogens with one attached hydrogen (secondary N) is 1. The summed E-state index contributed by atoms with van der Waals surface area (Å²) < 4.78 is 1.13. The van der Waals surface area contributed by atoms with Crippen molar-refractivity contribution in [2.75, 3.05) is 5.32 Å². The monoisotopic (exact) mass is 394 g/mol. The first-order valence-electron chi connectivity index (χ1n) is 10.1. The molecule has 4 heteroatoms. The van der Waals surface area contributed by atoms with Crippen LogP contribution >= 0.6 is 11.3 Å². The molecule has 28 heavy (non-hydrogen) atoms. The average Bonchev–Trinajstić information content (AvgIpc) is 3.06. The van der Waals surface area contributed by atoms with Crippen molar-refractivity contribution in [3.05, 3.63) is 59.2 Å². The molecule has 0 aliphatic heterocycles. The molecule has 1 atom stereocenters. The minimum atomic E-state index is 0.0149. The fraction of sp³-hybridized carbons (Fsp3) is 0.417. The van der Waals surface area contributed by atoms with E-state index in [-0.39, 0.29) is 11.3 Å². The van der Waals surface area contributed by atoms with E-state index < -0.39 is 0 Å². The van der Waals surface area contributed by atoms with E-state index in [0.717, 1.165) is 23.1 Å². The lowest BCUT2D eigenvalue weighted by Gasteiger charge is -2.19. The fourth-order valence-corrected chi connectivity index (χ4v) is 4.08. The van der Waals surface area contributed by atoms with Gasteiger partial charge in [0.15, 0.2) is 5.13 Å². The number of rotatable bonds is 6. The Hall–Kier alpha value is -2.20. The van der Waals surface area contributed by atoms with E-state index in [2.05, 4.69) is 87.4 Å². The molecule has 148 valence electrons. The van der Waals surface area contributed by atoms with Crippen molar-refractivity contribution in [2.24, 2.45) is 0 Å². The molecule has 1 heterocycles. The normalized spacial score (nSPS) is 12.9. The highest BCUT2D eigenvalue weighted by atomic mass is 32.1. The van der Waals surface area contributed by atoms with E-state index in [1.165, 1.54) is 16.7 Å². The minimum absolute atomic E-state index is 0.0149. The van der Waals surface area contributed by atoms with Crippen molar-refractivity contribution in [1.82, 2.24) is 4.98 Å². The Labute approximate surface area is 172 Å². The third-order valence-electron chi connectivity index (χ3n) is 5.30. The molecule has 0 radical (unpaired) electrons. The quantitative estimate of drug-likeness (QED) is 0.507. The molecular formula is C24H30N2OS. The number of carbonyl (C=O) groups excluding carboxylic acids is 1. The van der Waals surface area contributed by atoms with Crippen LogP contribution in [0.1, 0.15) is 70.1 Å². The summed E-state index contributed by atoms with van der Waals surface area (Å²) in [6.45, 7) is 11.1. The van der Waals surface area contributed by atoms with Crippen molar-refractivity contribution in [2.45, 2.75) is 65.2 Å². The van der Waals surface area contributed by atoms with Gasteiger partial charge in [-0.2, -0.15) is 0 Å². The molecule has 3 rings (SSSR count). The highest BCUT2D eigenvalue weighted by Gasteiger charge is 2.13. The van der Waals surface area contributed by atoms with Gasteiger partial charge < -0.3 is 5.32 Å². The van der Waals surface area contributed by atoms with E-state index in [0.29, 0.717) is 17.5 Å². The Morgan fingerprint density at radius 2 is 1.86 bits per heavy atom. The third-order valence-corrected chi connectivity index (χ3v) is 6.23. The molecule has 0 saturated carbocycles. The van der Waals surface area contributed by atoms with Gasteiger partial charge in [0.1, 0.15) is 0 Å². The Balaban J connectivity index is 1.60. The number of aromatic nitrogens is 1. The number of fused-ring (bicyclic) bond motifs is 1. The lowest BCUT2D eigenvalue weighted by Crippen LogP contribution is -2.13. The van der Waals surface area contributed by atoms with Crippen LogP contribution in [0.5, 0.6) is 0 Å². The van der Waals surface area contributed by atoms with Crippen molar-refractivity contribution in [3.63, 3.8) is 0 Å². The van der Waals surface area contributed by atoms with Gasteiger partial charge in [-0.15, -0.1) is 0 Å². The maximum atomic E-state index is 12.4.